The van der Waals surface area contributed by atoms with Gasteiger partial charge in [0.25, 0.3) is 0 Å². The van der Waals surface area contributed by atoms with Crippen LogP contribution in [0.5, 0.6) is 0 Å². The molecular weight excluding hydrogens is 354 g/mol. The van der Waals surface area contributed by atoms with E-state index in [0.717, 1.165) is 55.6 Å². The Morgan fingerprint density at radius 3 is 2.81 bits per heavy atom. The number of hydrogen-bond acceptors (Lipinski definition) is 5. The number of anilines is 1. The maximum Gasteiger partial charge on any atom is 0.225 e. The lowest BCUT2D eigenvalue weighted by molar-refractivity contribution is -0.136. The molecule has 0 bridgehead atoms. The number of fused-ring (bicyclic) bond motifs is 1. The molecule has 1 aliphatic carbocycles. The van der Waals surface area contributed by atoms with Crippen molar-refractivity contribution in [3.63, 3.8) is 0 Å². The van der Waals surface area contributed by atoms with Crippen LogP contribution in [0.25, 0.3) is 11.0 Å². The minimum absolute atomic E-state index is 0.00408. The van der Waals surface area contributed by atoms with Gasteiger partial charge in [0.05, 0.1) is 11.5 Å². The molecule has 0 radical (unpaired) electrons. The van der Waals surface area contributed by atoms with Crippen molar-refractivity contribution in [2.45, 2.75) is 31.8 Å². The predicted molar refractivity (Wildman–Crippen MR) is 100 cm³/mol. The number of benzene rings is 1. The highest BCUT2D eigenvalue weighted by atomic mass is 35.5. The maximum atomic E-state index is 12.7. The van der Waals surface area contributed by atoms with Gasteiger partial charge < -0.3 is 19.4 Å². The zero-order valence-corrected chi connectivity index (χ0v) is 15.7. The molecule has 140 valence electrons. The fraction of sp³-hybridized carbons (Fsp3) is 0.579. The fourth-order valence-corrected chi connectivity index (χ4v) is 3.95. The molecule has 26 heavy (non-hydrogen) atoms. The molecule has 7 heteroatoms. The standard InChI is InChI=1S/C19H24ClN3O3/c1-22(11-16(24)12-2-3-12)19(25)13-6-8-23(9-7-13)18-15-10-14(20)4-5-17(15)26-21-18/h4-5,10,12-13,16,24H,2-3,6-9,11H2,1H3. The number of carbonyl (C=O) groups excluding carboxylic acids is 1. The lowest BCUT2D eigenvalue weighted by Crippen LogP contribution is -2.43. The Kier molecular flexibility index (Phi) is 4.80. The number of aliphatic hydroxyl groups excluding tert-OH is 1. The van der Waals surface area contributed by atoms with Crippen LogP contribution < -0.4 is 4.90 Å². The molecule has 1 saturated carbocycles. The number of aromatic nitrogens is 1. The van der Waals surface area contributed by atoms with Crippen LogP contribution in [0.1, 0.15) is 25.7 Å². The minimum atomic E-state index is -0.379. The van der Waals surface area contributed by atoms with Crippen molar-refractivity contribution >= 4 is 34.3 Å². The van der Waals surface area contributed by atoms with Crippen LogP contribution in [0.15, 0.2) is 22.7 Å². The van der Waals surface area contributed by atoms with E-state index in [2.05, 4.69) is 10.1 Å². The van der Waals surface area contributed by atoms with E-state index in [-0.39, 0.29) is 17.9 Å². The number of halogens is 1. The van der Waals surface area contributed by atoms with Crippen LogP contribution in [0, 0.1) is 11.8 Å². The van der Waals surface area contributed by atoms with Crippen molar-refractivity contribution in [3.05, 3.63) is 23.2 Å². The monoisotopic (exact) mass is 377 g/mol. The summed E-state index contributed by atoms with van der Waals surface area (Å²) in [7, 11) is 1.80. The van der Waals surface area contributed by atoms with Crippen molar-refractivity contribution < 1.29 is 14.4 Å². The highest BCUT2D eigenvalue weighted by Gasteiger charge is 2.33. The zero-order chi connectivity index (χ0) is 18.3. The van der Waals surface area contributed by atoms with E-state index in [1.165, 1.54) is 0 Å². The van der Waals surface area contributed by atoms with E-state index in [4.69, 9.17) is 16.1 Å². The third-order valence-electron chi connectivity index (χ3n) is 5.56. The SMILES string of the molecule is CN(CC(O)C1CC1)C(=O)C1CCN(c2noc3ccc(Cl)cc23)CC1. The second-order valence-electron chi connectivity index (χ2n) is 7.53. The second kappa shape index (κ2) is 7.08. The lowest BCUT2D eigenvalue weighted by Gasteiger charge is -2.33. The Balaban J connectivity index is 1.37. The van der Waals surface area contributed by atoms with Crippen LogP contribution >= 0.6 is 11.6 Å². The van der Waals surface area contributed by atoms with E-state index < -0.39 is 0 Å². The summed E-state index contributed by atoms with van der Waals surface area (Å²) in [4.78, 5) is 16.5. The van der Waals surface area contributed by atoms with E-state index in [9.17, 15) is 9.90 Å². The quantitative estimate of drug-likeness (QED) is 0.867. The molecule has 2 heterocycles. The number of nitrogens with zero attached hydrogens (tertiary/aromatic N) is 3. The highest BCUT2D eigenvalue weighted by Crippen LogP contribution is 2.34. The minimum Gasteiger partial charge on any atom is -0.391 e. The van der Waals surface area contributed by atoms with Gasteiger partial charge >= 0.3 is 0 Å². The van der Waals surface area contributed by atoms with Crippen molar-refractivity contribution in [1.29, 1.82) is 0 Å². The highest BCUT2D eigenvalue weighted by molar-refractivity contribution is 6.31. The molecule has 1 aromatic heterocycles. The van der Waals surface area contributed by atoms with Crippen molar-refractivity contribution in [2.75, 3.05) is 31.6 Å². The predicted octanol–water partition coefficient (Wildman–Crippen LogP) is 2.93. The molecule has 4 rings (SSSR count). The van der Waals surface area contributed by atoms with Gasteiger partial charge in [-0.3, -0.25) is 4.79 Å². The first kappa shape index (κ1) is 17.6. The molecule has 1 amide bonds. The summed E-state index contributed by atoms with van der Waals surface area (Å²) in [5.41, 5.74) is 0.719. The number of likely N-dealkylation sites (N-methyl/N-ethyl adjacent to an activating group) is 1. The number of amides is 1. The van der Waals surface area contributed by atoms with Gasteiger partial charge in [-0.05, 0) is 49.8 Å². The molecule has 1 aliphatic heterocycles. The number of rotatable bonds is 5. The average molecular weight is 378 g/mol. The Bertz CT molecular complexity index is 796. The molecule has 1 N–H and O–H groups in total. The molecular formula is C19H24ClN3O3. The van der Waals surface area contributed by atoms with Gasteiger partial charge in [0.15, 0.2) is 11.4 Å². The topological polar surface area (TPSA) is 69.8 Å². The average Bonchev–Trinajstić information content (AvgIpc) is 3.42. The molecule has 2 aromatic rings. The number of hydrogen-bond donors (Lipinski definition) is 1. The van der Waals surface area contributed by atoms with E-state index in [0.29, 0.717) is 17.5 Å². The smallest absolute Gasteiger partial charge is 0.225 e. The van der Waals surface area contributed by atoms with Gasteiger partial charge in [0.1, 0.15) is 0 Å². The molecule has 6 nitrogen and oxygen atoms in total. The molecule has 2 fully saturated rings. The van der Waals surface area contributed by atoms with Crippen LogP contribution in [-0.2, 0) is 4.79 Å². The molecule has 1 atom stereocenters. The van der Waals surface area contributed by atoms with Gasteiger partial charge in [-0.25, -0.2) is 0 Å². The van der Waals surface area contributed by atoms with E-state index in [1.807, 2.05) is 12.1 Å². The van der Waals surface area contributed by atoms with Gasteiger partial charge in [0, 0.05) is 37.6 Å². The summed E-state index contributed by atoms with van der Waals surface area (Å²) in [5.74, 6) is 1.33. The van der Waals surface area contributed by atoms with Crippen LogP contribution in [0.4, 0.5) is 5.82 Å². The second-order valence-corrected chi connectivity index (χ2v) is 7.97. The van der Waals surface area contributed by atoms with Crippen molar-refractivity contribution in [1.82, 2.24) is 10.1 Å². The molecule has 1 saturated heterocycles. The summed E-state index contributed by atoms with van der Waals surface area (Å²) < 4.78 is 5.39. The fourth-order valence-electron chi connectivity index (χ4n) is 3.78. The summed E-state index contributed by atoms with van der Waals surface area (Å²) in [5, 5.41) is 15.8. The summed E-state index contributed by atoms with van der Waals surface area (Å²) in [6, 6.07) is 5.48. The van der Waals surface area contributed by atoms with E-state index in [1.54, 1.807) is 18.0 Å². The summed E-state index contributed by atoms with van der Waals surface area (Å²) in [6.45, 7) is 1.95. The van der Waals surface area contributed by atoms with Crippen LogP contribution in [-0.4, -0.2) is 53.9 Å². The van der Waals surface area contributed by atoms with Gasteiger partial charge in [0.2, 0.25) is 5.91 Å². The molecule has 2 aliphatic rings. The van der Waals surface area contributed by atoms with Crippen molar-refractivity contribution in [2.24, 2.45) is 11.8 Å². The summed E-state index contributed by atoms with van der Waals surface area (Å²) >= 11 is 6.10. The number of piperidine rings is 1. The summed E-state index contributed by atoms with van der Waals surface area (Å²) in [6.07, 6.45) is 3.33. The first-order valence-electron chi connectivity index (χ1n) is 9.26. The van der Waals surface area contributed by atoms with Gasteiger partial charge in [-0.15, -0.1) is 0 Å². The largest absolute Gasteiger partial charge is 0.391 e. The van der Waals surface area contributed by atoms with Gasteiger partial charge in [-0.2, -0.15) is 0 Å². The van der Waals surface area contributed by atoms with E-state index >= 15 is 0 Å². The van der Waals surface area contributed by atoms with Crippen LogP contribution in [0.2, 0.25) is 5.02 Å². The van der Waals surface area contributed by atoms with Crippen molar-refractivity contribution in [3.8, 4) is 0 Å². The Labute approximate surface area is 157 Å². The Morgan fingerprint density at radius 1 is 1.38 bits per heavy atom. The number of carbonyl (C=O) groups is 1. The lowest BCUT2D eigenvalue weighted by atomic mass is 9.95. The zero-order valence-electron chi connectivity index (χ0n) is 14.9. The third-order valence-corrected chi connectivity index (χ3v) is 5.80. The Hall–Kier alpha value is -1.79. The third kappa shape index (κ3) is 3.53. The Morgan fingerprint density at radius 2 is 2.12 bits per heavy atom. The van der Waals surface area contributed by atoms with Gasteiger partial charge in [-0.1, -0.05) is 16.8 Å². The molecule has 1 unspecified atom stereocenters. The molecule has 1 aromatic carbocycles. The van der Waals surface area contributed by atoms with Crippen LogP contribution in [0.3, 0.4) is 0 Å². The maximum absolute atomic E-state index is 12.7. The molecule has 0 spiro atoms. The normalized spacial score (nSPS) is 19.7. The number of aliphatic hydroxyl groups is 1. The first-order valence-corrected chi connectivity index (χ1v) is 9.63. The first-order chi connectivity index (χ1) is 12.5.